The van der Waals surface area contributed by atoms with Crippen molar-refractivity contribution < 1.29 is 24.9 Å². The van der Waals surface area contributed by atoms with Crippen molar-refractivity contribution in [1.29, 1.82) is 0 Å². The SMILES string of the molecule is O=C(O)N1CCN(C(=O)O)C(Cc2ccccc2)(C(O)(C2CC2)C2CC2)C1Cc1ccccc1. The summed E-state index contributed by atoms with van der Waals surface area (Å²) in [6.07, 6.45) is 1.78. The highest BCUT2D eigenvalue weighted by molar-refractivity contribution is 5.71. The lowest BCUT2D eigenvalue weighted by molar-refractivity contribution is -0.177. The molecular formula is C27H32N2O5. The van der Waals surface area contributed by atoms with Crippen molar-refractivity contribution >= 4 is 12.2 Å². The number of hydrogen-bond donors (Lipinski definition) is 3. The number of rotatable bonds is 7. The second-order valence-corrected chi connectivity index (χ2v) is 10.1. The van der Waals surface area contributed by atoms with E-state index in [1.807, 2.05) is 60.7 Å². The lowest BCUT2D eigenvalue weighted by Gasteiger charge is -2.61. The summed E-state index contributed by atoms with van der Waals surface area (Å²) in [5.41, 5.74) is -0.764. The molecule has 3 aliphatic rings. The maximum absolute atomic E-state index is 12.8. The fourth-order valence-electron chi connectivity index (χ4n) is 6.44. The molecule has 0 aromatic heterocycles. The second kappa shape index (κ2) is 8.62. The number of amides is 2. The van der Waals surface area contributed by atoms with Crippen LogP contribution < -0.4 is 0 Å². The van der Waals surface area contributed by atoms with Gasteiger partial charge in [-0.3, -0.25) is 4.90 Å². The summed E-state index contributed by atoms with van der Waals surface area (Å²) < 4.78 is 0. The minimum Gasteiger partial charge on any atom is -0.465 e. The summed E-state index contributed by atoms with van der Waals surface area (Å²) in [5, 5.41) is 33.4. The third kappa shape index (κ3) is 3.72. The normalized spacial score (nSPS) is 25.3. The molecule has 1 saturated heterocycles. The number of carbonyl (C=O) groups is 2. The Kier molecular flexibility index (Phi) is 5.76. The Morgan fingerprint density at radius 3 is 1.82 bits per heavy atom. The molecular weight excluding hydrogens is 432 g/mol. The van der Waals surface area contributed by atoms with Gasteiger partial charge in [-0.05, 0) is 55.1 Å². The highest BCUT2D eigenvalue weighted by Crippen LogP contribution is 2.61. The zero-order valence-corrected chi connectivity index (χ0v) is 19.2. The summed E-state index contributed by atoms with van der Waals surface area (Å²) in [4.78, 5) is 28.2. The predicted molar refractivity (Wildman–Crippen MR) is 127 cm³/mol. The van der Waals surface area contributed by atoms with Gasteiger partial charge in [-0.1, -0.05) is 60.7 Å². The number of nitrogens with zero attached hydrogens (tertiary/aromatic N) is 2. The van der Waals surface area contributed by atoms with E-state index in [4.69, 9.17) is 0 Å². The number of benzene rings is 2. The van der Waals surface area contributed by atoms with Crippen LogP contribution >= 0.6 is 0 Å². The van der Waals surface area contributed by atoms with Crippen LogP contribution in [0.2, 0.25) is 0 Å². The molecule has 34 heavy (non-hydrogen) atoms. The third-order valence-electron chi connectivity index (χ3n) is 8.13. The topological polar surface area (TPSA) is 101 Å². The maximum Gasteiger partial charge on any atom is 0.408 e. The molecule has 2 unspecified atom stereocenters. The van der Waals surface area contributed by atoms with E-state index in [0.717, 1.165) is 36.8 Å². The number of piperazine rings is 1. The molecule has 2 aromatic rings. The van der Waals surface area contributed by atoms with Crippen molar-refractivity contribution in [2.75, 3.05) is 13.1 Å². The zero-order valence-electron chi connectivity index (χ0n) is 19.2. The minimum absolute atomic E-state index is 0.0300. The predicted octanol–water partition coefficient (Wildman–Crippen LogP) is 4.10. The van der Waals surface area contributed by atoms with Crippen LogP contribution in [0.25, 0.3) is 0 Å². The Morgan fingerprint density at radius 2 is 1.35 bits per heavy atom. The molecule has 3 N–H and O–H groups in total. The fraction of sp³-hybridized carbons (Fsp3) is 0.481. The monoisotopic (exact) mass is 464 g/mol. The average Bonchev–Trinajstić information content (AvgIpc) is 3.73. The first-order valence-electron chi connectivity index (χ1n) is 12.2. The van der Waals surface area contributed by atoms with E-state index >= 15 is 0 Å². The molecule has 0 spiro atoms. The van der Waals surface area contributed by atoms with Crippen LogP contribution in [0.15, 0.2) is 60.7 Å². The molecule has 2 amide bonds. The van der Waals surface area contributed by atoms with E-state index in [0.29, 0.717) is 6.42 Å². The maximum atomic E-state index is 12.8. The molecule has 7 nitrogen and oxygen atoms in total. The van der Waals surface area contributed by atoms with Crippen LogP contribution in [0.3, 0.4) is 0 Å². The molecule has 0 radical (unpaired) electrons. The van der Waals surface area contributed by atoms with Crippen molar-refractivity contribution in [2.45, 2.75) is 55.7 Å². The van der Waals surface area contributed by atoms with Gasteiger partial charge in [-0.25, -0.2) is 9.59 Å². The molecule has 3 fully saturated rings. The van der Waals surface area contributed by atoms with Gasteiger partial charge in [0.1, 0.15) is 5.54 Å². The van der Waals surface area contributed by atoms with Crippen LogP contribution in [-0.4, -0.2) is 67.6 Å². The molecule has 1 heterocycles. The van der Waals surface area contributed by atoms with Gasteiger partial charge in [0.05, 0.1) is 11.6 Å². The number of carboxylic acid groups (broad SMARTS) is 2. The lowest BCUT2D eigenvalue weighted by atomic mass is 9.62. The van der Waals surface area contributed by atoms with Crippen molar-refractivity contribution in [2.24, 2.45) is 11.8 Å². The molecule has 180 valence electrons. The summed E-state index contributed by atoms with van der Waals surface area (Å²) in [6, 6.07) is 18.5. The Morgan fingerprint density at radius 1 is 0.824 bits per heavy atom. The largest absolute Gasteiger partial charge is 0.465 e. The summed E-state index contributed by atoms with van der Waals surface area (Å²) >= 11 is 0. The van der Waals surface area contributed by atoms with E-state index in [1.54, 1.807) is 0 Å². The van der Waals surface area contributed by atoms with E-state index in [1.165, 1.54) is 9.80 Å². The average molecular weight is 465 g/mol. The summed E-state index contributed by atoms with van der Waals surface area (Å²) in [6.45, 7) is 0.128. The number of aliphatic hydroxyl groups is 1. The Hall–Kier alpha value is -3.06. The molecule has 2 saturated carbocycles. The van der Waals surface area contributed by atoms with Gasteiger partial charge in [-0.2, -0.15) is 0 Å². The van der Waals surface area contributed by atoms with Crippen LogP contribution in [0, 0.1) is 11.8 Å². The fourth-order valence-corrected chi connectivity index (χ4v) is 6.44. The molecule has 2 atom stereocenters. The van der Waals surface area contributed by atoms with Crippen molar-refractivity contribution in [3.8, 4) is 0 Å². The molecule has 2 aromatic carbocycles. The van der Waals surface area contributed by atoms with Gasteiger partial charge in [-0.15, -0.1) is 0 Å². The van der Waals surface area contributed by atoms with Gasteiger partial charge in [0.2, 0.25) is 0 Å². The zero-order chi connectivity index (χ0) is 23.9. The van der Waals surface area contributed by atoms with Crippen LogP contribution in [0.5, 0.6) is 0 Å². The van der Waals surface area contributed by atoms with Gasteiger partial charge in [0, 0.05) is 19.5 Å². The van der Waals surface area contributed by atoms with E-state index in [2.05, 4.69) is 0 Å². The Balaban J connectivity index is 1.74. The van der Waals surface area contributed by atoms with Crippen LogP contribution in [-0.2, 0) is 12.8 Å². The molecule has 5 rings (SSSR count). The van der Waals surface area contributed by atoms with Crippen LogP contribution in [0.1, 0.15) is 36.8 Å². The van der Waals surface area contributed by atoms with Gasteiger partial charge < -0.3 is 20.2 Å². The Labute approximate surface area is 199 Å². The van der Waals surface area contributed by atoms with E-state index in [-0.39, 0.29) is 31.3 Å². The molecule has 7 heteroatoms. The van der Waals surface area contributed by atoms with Gasteiger partial charge >= 0.3 is 12.2 Å². The summed E-state index contributed by atoms with van der Waals surface area (Å²) in [5.74, 6) is -0.0600. The lowest BCUT2D eigenvalue weighted by Crippen LogP contribution is -2.80. The first-order valence-corrected chi connectivity index (χ1v) is 12.2. The highest BCUT2D eigenvalue weighted by Gasteiger charge is 2.71. The van der Waals surface area contributed by atoms with Gasteiger partial charge in [0.15, 0.2) is 0 Å². The first-order chi connectivity index (χ1) is 16.4. The standard InChI is InChI=1S/C27H32N2O5/c30-24(31)28-15-16-29(25(32)33)26(18-20-9-5-2-6-10-20,23(28)17-19-7-3-1-4-8-19)27(34,21-11-12-21)22-13-14-22/h1-10,21-23,34H,11-18H2,(H,30,31)(H,32,33). The smallest absolute Gasteiger partial charge is 0.408 e. The minimum atomic E-state index is -1.30. The third-order valence-corrected chi connectivity index (χ3v) is 8.13. The Bertz CT molecular complexity index is 1030. The highest BCUT2D eigenvalue weighted by atomic mass is 16.4. The van der Waals surface area contributed by atoms with Gasteiger partial charge in [0.25, 0.3) is 0 Å². The van der Waals surface area contributed by atoms with Crippen LogP contribution in [0.4, 0.5) is 9.59 Å². The van der Waals surface area contributed by atoms with Crippen molar-refractivity contribution in [1.82, 2.24) is 9.80 Å². The number of hydrogen-bond acceptors (Lipinski definition) is 3. The van der Waals surface area contributed by atoms with E-state index < -0.39 is 29.4 Å². The molecule has 1 aliphatic heterocycles. The molecule has 2 aliphatic carbocycles. The second-order valence-electron chi connectivity index (χ2n) is 10.1. The van der Waals surface area contributed by atoms with E-state index in [9.17, 15) is 24.9 Å². The quantitative estimate of drug-likeness (QED) is 0.573. The first kappa shape index (κ1) is 22.7. The van der Waals surface area contributed by atoms with Crippen molar-refractivity contribution in [3.63, 3.8) is 0 Å². The summed E-state index contributed by atoms with van der Waals surface area (Å²) in [7, 11) is 0. The molecule has 0 bridgehead atoms. The van der Waals surface area contributed by atoms with Crippen molar-refractivity contribution in [3.05, 3.63) is 71.8 Å².